The zero-order chi connectivity index (χ0) is 11.3. The third kappa shape index (κ3) is 4.80. The minimum absolute atomic E-state index is 0.198. The predicted molar refractivity (Wildman–Crippen MR) is 59.7 cm³/mol. The Hall–Kier alpha value is -1.07. The first kappa shape index (κ1) is 12.0. The van der Waals surface area contributed by atoms with Crippen LogP contribution in [0.4, 0.5) is 0 Å². The summed E-state index contributed by atoms with van der Waals surface area (Å²) in [6.45, 7) is 4.25. The van der Waals surface area contributed by atoms with E-state index in [1.807, 2.05) is 35.5 Å². The van der Waals surface area contributed by atoms with Gasteiger partial charge in [-0.25, -0.2) is 0 Å². The molecule has 0 spiro atoms. The standard InChI is InChI=1S/C10H15NO3S/c1-2-10-4-7-11(8-5-10)6-3-9-15(12,13)14/h2,4-5,7-8,10H,1,3,6,9H2,(H,12,13,14). The summed E-state index contributed by atoms with van der Waals surface area (Å²) < 4.78 is 29.4. The number of hydrogen-bond donors (Lipinski definition) is 1. The second-order valence-electron chi connectivity index (χ2n) is 3.37. The van der Waals surface area contributed by atoms with Gasteiger partial charge in [0.25, 0.3) is 10.1 Å². The molecule has 0 fully saturated rings. The molecule has 84 valence electrons. The molecule has 0 amide bonds. The van der Waals surface area contributed by atoms with Gasteiger partial charge >= 0.3 is 0 Å². The van der Waals surface area contributed by atoms with Crippen LogP contribution in [0.5, 0.6) is 0 Å². The molecule has 1 rings (SSSR count). The van der Waals surface area contributed by atoms with E-state index in [0.717, 1.165) is 0 Å². The lowest BCUT2D eigenvalue weighted by molar-refractivity contribution is 0.461. The van der Waals surface area contributed by atoms with Crippen molar-refractivity contribution < 1.29 is 13.0 Å². The van der Waals surface area contributed by atoms with E-state index in [0.29, 0.717) is 13.0 Å². The van der Waals surface area contributed by atoms with E-state index < -0.39 is 10.1 Å². The number of allylic oxidation sites excluding steroid dienone is 3. The quantitative estimate of drug-likeness (QED) is 0.572. The molecule has 0 bridgehead atoms. The van der Waals surface area contributed by atoms with Crippen molar-refractivity contribution in [2.45, 2.75) is 6.42 Å². The smallest absolute Gasteiger partial charge is 0.264 e. The van der Waals surface area contributed by atoms with Gasteiger partial charge in [-0.05, 0) is 6.42 Å². The summed E-state index contributed by atoms with van der Waals surface area (Å²) in [7, 11) is -3.83. The van der Waals surface area contributed by atoms with Crippen LogP contribution in [0.2, 0.25) is 0 Å². The van der Waals surface area contributed by atoms with E-state index in [1.54, 1.807) is 0 Å². The third-order valence-electron chi connectivity index (χ3n) is 2.09. The van der Waals surface area contributed by atoms with Gasteiger partial charge in [-0.1, -0.05) is 18.2 Å². The number of rotatable bonds is 5. The van der Waals surface area contributed by atoms with Crippen LogP contribution in [0.25, 0.3) is 0 Å². The van der Waals surface area contributed by atoms with Gasteiger partial charge in [0.05, 0.1) is 5.75 Å². The van der Waals surface area contributed by atoms with E-state index >= 15 is 0 Å². The van der Waals surface area contributed by atoms with Crippen LogP contribution in [-0.4, -0.2) is 30.2 Å². The molecule has 0 aromatic carbocycles. The monoisotopic (exact) mass is 229 g/mol. The first-order chi connectivity index (χ1) is 7.01. The maximum Gasteiger partial charge on any atom is 0.264 e. The highest BCUT2D eigenvalue weighted by atomic mass is 32.2. The first-order valence-electron chi connectivity index (χ1n) is 4.71. The minimum Gasteiger partial charge on any atom is -0.355 e. The molecule has 0 aromatic heterocycles. The zero-order valence-electron chi connectivity index (χ0n) is 8.41. The highest BCUT2D eigenvalue weighted by Crippen LogP contribution is 2.11. The van der Waals surface area contributed by atoms with E-state index in [1.165, 1.54) is 0 Å². The van der Waals surface area contributed by atoms with Crippen molar-refractivity contribution in [3.8, 4) is 0 Å². The fraction of sp³-hybridized carbons (Fsp3) is 0.400. The molecule has 0 unspecified atom stereocenters. The lowest BCUT2D eigenvalue weighted by Gasteiger charge is -2.19. The maximum absolute atomic E-state index is 10.5. The summed E-state index contributed by atoms with van der Waals surface area (Å²) in [5, 5.41) is 0. The molecule has 0 atom stereocenters. The van der Waals surface area contributed by atoms with Gasteiger partial charge in [-0.15, -0.1) is 6.58 Å². The Morgan fingerprint density at radius 3 is 2.47 bits per heavy atom. The summed E-state index contributed by atoms with van der Waals surface area (Å²) in [6.07, 6.45) is 9.95. The van der Waals surface area contributed by atoms with E-state index in [4.69, 9.17) is 4.55 Å². The normalized spacial score (nSPS) is 17.0. The molecule has 0 saturated heterocycles. The lowest BCUT2D eigenvalue weighted by atomic mass is 10.1. The molecule has 1 aliphatic rings. The van der Waals surface area contributed by atoms with Gasteiger partial charge in [0.2, 0.25) is 0 Å². The molecule has 1 aliphatic heterocycles. The highest BCUT2D eigenvalue weighted by molar-refractivity contribution is 7.85. The van der Waals surface area contributed by atoms with Gasteiger partial charge < -0.3 is 4.90 Å². The van der Waals surface area contributed by atoms with E-state index in [-0.39, 0.29) is 11.7 Å². The van der Waals surface area contributed by atoms with Crippen molar-refractivity contribution in [1.82, 2.24) is 4.90 Å². The Balaban J connectivity index is 2.31. The fourth-order valence-corrected chi connectivity index (χ4v) is 1.76. The molecule has 0 radical (unpaired) electrons. The molecule has 0 aliphatic carbocycles. The number of nitrogens with zero attached hydrogens (tertiary/aromatic N) is 1. The molecule has 1 heterocycles. The van der Waals surface area contributed by atoms with Crippen LogP contribution in [0.15, 0.2) is 37.2 Å². The summed E-state index contributed by atoms with van der Waals surface area (Å²) in [6, 6.07) is 0. The summed E-state index contributed by atoms with van der Waals surface area (Å²) >= 11 is 0. The van der Waals surface area contributed by atoms with Crippen LogP contribution in [0, 0.1) is 5.92 Å². The average Bonchev–Trinajstić information content (AvgIpc) is 2.17. The lowest BCUT2D eigenvalue weighted by Crippen LogP contribution is -2.17. The van der Waals surface area contributed by atoms with Gasteiger partial charge in [0.15, 0.2) is 0 Å². The van der Waals surface area contributed by atoms with Crippen LogP contribution < -0.4 is 0 Å². The van der Waals surface area contributed by atoms with Gasteiger partial charge in [-0.3, -0.25) is 4.55 Å². The van der Waals surface area contributed by atoms with E-state index in [9.17, 15) is 8.42 Å². The van der Waals surface area contributed by atoms with Crippen molar-refractivity contribution in [2.24, 2.45) is 5.92 Å². The van der Waals surface area contributed by atoms with Crippen LogP contribution in [0.1, 0.15) is 6.42 Å². The third-order valence-corrected chi connectivity index (χ3v) is 2.89. The molecule has 0 saturated carbocycles. The Morgan fingerprint density at radius 2 is 2.00 bits per heavy atom. The molecule has 1 N–H and O–H groups in total. The van der Waals surface area contributed by atoms with Crippen molar-refractivity contribution in [1.29, 1.82) is 0 Å². The van der Waals surface area contributed by atoms with Gasteiger partial charge in [0, 0.05) is 24.9 Å². The van der Waals surface area contributed by atoms with Gasteiger partial charge in [-0.2, -0.15) is 8.42 Å². The maximum atomic E-state index is 10.5. The second kappa shape index (κ2) is 5.14. The molecule has 15 heavy (non-hydrogen) atoms. The molecule has 5 heteroatoms. The predicted octanol–water partition coefficient (Wildman–Crippen LogP) is 1.41. The minimum atomic E-state index is -3.83. The average molecular weight is 229 g/mol. The largest absolute Gasteiger partial charge is 0.355 e. The SMILES string of the molecule is C=CC1C=CN(CCCS(=O)(=O)O)C=C1. The van der Waals surface area contributed by atoms with Crippen LogP contribution in [-0.2, 0) is 10.1 Å². The van der Waals surface area contributed by atoms with Crippen molar-refractivity contribution in [3.63, 3.8) is 0 Å². The molecule has 4 nitrogen and oxygen atoms in total. The van der Waals surface area contributed by atoms with Crippen LogP contribution in [0.3, 0.4) is 0 Å². The van der Waals surface area contributed by atoms with E-state index in [2.05, 4.69) is 6.58 Å². The fourth-order valence-electron chi connectivity index (χ4n) is 1.27. The van der Waals surface area contributed by atoms with Gasteiger partial charge in [0.1, 0.15) is 0 Å². The van der Waals surface area contributed by atoms with Crippen molar-refractivity contribution in [2.75, 3.05) is 12.3 Å². The van der Waals surface area contributed by atoms with Crippen molar-refractivity contribution in [3.05, 3.63) is 37.2 Å². The Morgan fingerprint density at radius 1 is 1.40 bits per heavy atom. The Bertz CT molecular complexity index is 356. The Kier molecular flexibility index (Phi) is 4.11. The second-order valence-corrected chi connectivity index (χ2v) is 4.95. The summed E-state index contributed by atoms with van der Waals surface area (Å²) in [5.41, 5.74) is 0. The number of hydrogen-bond acceptors (Lipinski definition) is 3. The summed E-state index contributed by atoms with van der Waals surface area (Å²) in [5.74, 6) is 0.0543. The van der Waals surface area contributed by atoms with Crippen LogP contribution >= 0.6 is 0 Å². The van der Waals surface area contributed by atoms with Crippen molar-refractivity contribution >= 4 is 10.1 Å². The first-order valence-corrected chi connectivity index (χ1v) is 6.32. The zero-order valence-corrected chi connectivity index (χ0v) is 9.23. The topological polar surface area (TPSA) is 57.6 Å². The highest BCUT2D eigenvalue weighted by Gasteiger charge is 2.07. The Labute approximate surface area is 90.3 Å². The molecular weight excluding hydrogens is 214 g/mol. The molecule has 0 aromatic rings. The summed E-state index contributed by atoms with van der Waals surface area (Å²) in [4.78, 5) is 1.88. The molecular formula is C10H15NO3S.